The van der Waals surface area contributed by atoms with Gasteiger partial charge in [-0.3, -0.25) is 10.1 Å². The molecule has 3 N–H and O–H groups in total. The summed E-state index contributed by atoms with van der Waals surface area (Å²) < 4.78 is 61.2. The van der Waals surface area contributed by atoms with Crippen molar-refractivity contribution in [3.8, 4) is 0 Å². The summed E-state index contributed by atoms with van der Waals surface area (Å²) in [6, 6.07) is -0.690. The maximum atomic E-state index is 12.1. The molecule has 1 aromatic heterocycles. The van der Waals surface area contributed by atoms with E-state index in [9.17, 15) is 31.7 Å². The maximum absolute atomic E-state index is 12.1. The van der Waals surface area contributed by atoms with Crippen molar-refractivity contribution < 1.29 is 26.5 Å². The molecule has 1 aromatic rings. The highest BCUT2D eigenvalue weighted by atomic mass is 32.2. The molecule has 0 aliphatic heterocycles. The molecule has 0 aliphatic carbocycles. The Labute approximate surface area is 115 Å². The number of nitrogens with zero attached hydrogens (tertiary/aromatic N) is 1. The number of sulfonamides is 1. The molecular formula is C8H10F3N3O4S2. The monoisotopic (exact) mass is 333 g/mol. The summed E-state index contributed by atoms with van der Waals surface area (Å²) in [5, 5.41) is 10.2. The van der Waals surface area contributed by atoms with Gasteiger partial charge in [0.2, 0.25) is 0 Å². The van der Waals surface area contributed by atoms with Crippen molar-refractivity contribution in [1.29, 1.82) is 0 Å². The second-order valence-electron chi connectivity index (χ2n) is 3.91. The van der Waals surface area contributed by atoms with E-state index in [0.29, 0.717) is 17.4 Å². The summed E-state index contributed by atoms with van der Waals surface area (Å²) in [6.45, 7) is 1.04. The van der Waals surface area contributed by atoms with Crippen LogP contribution in [0.5, 0.6) is 0 Å². The highest BCUT2D eigenvalue weighted by Gasteiger charge is 2.33. The quantitative estimate of drug-likeness (QED) is 0.630. The molecule has 0 saturated heterocycles. The largest absolute Gasteiger partial charge is 0.390 e. The Morgan fingerprint density at radius 3 is 2.50 bits per heavy atom. The molecule has 114 valence electrons. The van der Waals surface area contributed by atoms with Crippen LogP contribution in [0.1, 0.15) is 13.3 Å². The zero-order valence-corrected chi connectivity index (χ0v) is 11.6. The van der Waals surface area contributed by atoms with Crippen LogP contribution in [0.2, 0.25) is 0 Å². The van der Waals surface area contributed by atoms with Crippen molar-refractivity contribution in [1.82, 2.24) is 4.72 Å². The van der Waals surface area contributed by atoms with E-state index in [1.165, 1.54) is 0 Å². The van der Waals surface area contributed by atoms with Crippen molar-refractivity contribution in [3.63, 3.8) is 0 Å². The fraction of sp³-hybridized carbons (Fsp3) is 0.500. The number of halogens is 3. The first kappa shape index (κ1) is 16.7. The van der Waals surface area contributed by atoms with Gasteiger partial charge >= 0.3 is 11.9 Å². The van der Waals surface area contributed by atoms with Crippen molar-refractivity contribution >= 4 is 32.0 Å². The van der Waals surface area contributed by atoms with E-state index < -0.39 is 43.5 Å². The molecule has 0 spiro atoms. The average molecular weight is 333 g/mol. The molecule has 0 aromatic carbocycles. The van der Waals surface area contributed by atoms with Crippen LogP contribution in [0, 0.1) is 10.1 Å². The Bertz CT molecular complexity index is 611. The normalized spacial score (nSPS) is 14.2. The number of hydrogen-bond acceptors (Lipinski definition) is 6. The molecule has 0 amide bonds. The number of anilines is 1. The molecule has 20 heavy (non-hydrogen) atoms. The van der Waals surface area contributed by atoms with Gasteiger partial charge in [0, 0.05) is 12.1 Å². The molecule has 0 bridgehead atoms. The first-order valence-electron chi connectivity index (χ1n) is 5.05. The van der Waals surface area contributed by atoms with E-state index in [4.69, 9.17) is 5.73 Å². The molecule has 0 aliphatic rings. The molecule has 1 rings (SSSR count). The molecule has 7 nitrogen and oxygen atoms in total. The van der Waals surface area contributed by atoms with E-state index in [1.807, 2.05) is 0 Å². The molecule has 0 fully saturated rings. The third-order valence-corrected chi connectivity index (χ3v) is 5.09. The molecule has 12 heteroatoms. The summed E-state index contributed by atoms with van der Waals surface area (Å²) in [5.41, 5.74) is 4.68. The topological polar surface area (TPSA) is 115 Å². The third kappa shape index (κ3) is 4.31. The van der Waals surface area contributed by atoms with E-state index >= 15 is 0 Å². The molecule has 1 atom stereocenters. The zero-order valence-electron chi connectivity index (χ0n) is 9.97. The number of thiophene rings is 1. The van der Waals surface area contributed by atoms with Gasteiger partial charge in [-0.05, 0) is 6.92 Å². The number of alkyl halides is 3. The summed E-state index contributed by atoms with van der Waals surface area (Å²) >= 11 is 0.414. The fourth-order valence-corrected chi connectivity index (χ4v) is 3.83. The van der Waals surface area contributed by atoms with E-state index in [-0.39, 0.29) is 5.00 Å². The highest BCUT2D eigenvalue weighted by molar-refractivity contribution is 7.91. The van der Waals surface area contributed by atoms with E-state index in [0.717, 1.165) is 6.92 Å². The van der Waals surface area contributed by atoms with Gasteiger partial charge in [0.25, 0.3) is 10.0 Å². The second kappa shape index (κ2) is 5.54. The lowest BCUT2D eigenvalue weighted by molar-refractivity contribution is -0.383. The molecule has 0 radical (unpaired) electrons. The lowest BCUT2D eigenvalue weighted by Gasteiger charge is -2.14. The minimum atomic E-state index is -4.53. The second-order valence-corrected chi connectivity index (χ2v) is 6.94. The van der Waals surface area contributed by atoms with Gasteiger partial charge in [-0.25, -0.2) is 13.1 Å². The van der Waals surface area contributed by atoms with E-state index in [2.05, 4.69) is 0 Å². The van der Waals surface area contributed by atoms with Crippen molar-refractivity contribution in [3.05, 3.63) is 16.2 Å². The Kier molecular flexibility index (Phi) is 4.61. The molecule has 0 saturated carbocycles. The number of rotatable bonds is 5. The molecule has 1 unspecified atom stereocenters. The first-order valence-corrected chi connectivity index (χ1v) is 7.35. The molecule has 1 heterocycles. The summed E-state index contributed by atoms with van der Waals surface area (Å²) in [7, 11) is -4.28. The number of nitrogens with one attached hydrogen (secondary N) is 1. The minimum Gasteiger partial charge on any atom is -0.385 e. The van der Waals surface area contributed by atoms with Crippen molar-refractivity contribution in [2.24, 2.45) is 0 Å². The zero-order chi connectivity index (χ0) is 15.7. The van der Waals surface area contributed by atoms with Gasteiger partial charge < -0.3 is 5.73 Å². The lowest BCUT2D eigenvalue weighted by atomic mass is 10.2. The van der Waals surface area contributed by atoms with Crippen LogP contribution in [0.15, 0.2) is 10.3 Å². The molecular weight excluding hydrogens is 323 g/mol. The number of nitro groups is 1. The van der Waals surface area contributed by atoms with Crippen LogP contribution in [0.4, 0.5) is 23.9 Å². The lowest BCUT2D eigenvalue weighted by Crippen LogP contribution is -2.35. The SMILES string of the molecule is CC(CC(F)(F)F)NS(=O)(=O)c1cc([N+](=O)[O-])c(N)s1. The van der Waals surface area contributed by atoms with Crippen LogP contribution in [0.3, 0.4) is 0 Å². The van der Waals surface area contributed by atoms with Crippen LogP contribution in [-0.4, -0.2) is 25.6 Å². The number of nitrogens with two attached hydrogens (primary N) is 1. The first-order chi connectivity index (χ1) is 8.92. The van der Waals surface area contributed by atoms with Crippen molar-refractivity contribution in [2.75, 3.05) is 5.73 Å². The van der Waals surface area contributed by atoms with Gasteiger partial charge in [-0.2, -0.15) is 13.2 Å². The van der Waals surface area contributed by atoms with Gasteiger partial charge in [0.15, 0.2) is 5.00 Å². The average Bonchev–Trinajstić information content (AvgIpc) is 2.56. The summed E-state index contributed by atoms with van der Waals surface area (Å²) in [6.07, 6.45) is -5.88. The predicted octanol–water partition coefficient (Wildman–Crippen LogP) is 1.86. The Morgan fingerprint density at radius 2 is 2.10 bits per heavy atom. The maximum Gasteiger partial charge on any atom is 0.390 e. The van der Waals surface area contributed by atoms with E-state index in [1.54, 1.807) is 4.72 Å². The van der Waals surface area contributed by atoms with Gasteiger partial charge in [0.05, 0.1) is 11.3 Å². The van der Waals surface area contributed by atoms with Gasteiger partial charge in [-0.1, -0.05) is 11.3 Å². The summed E-state index contributed by atoms with van der Waals surface area (Å²) in [5.74, 6) is 0. The Balaban J connectivity index is 2.95. The minimum absolute atomic E-state index is 0.334. The Hall–Kier alpha value is -1.40. The Morgan fingerprint density at radius 1 is 1.55 bits per heavy atom. The van der Waals surface area contributed by atoms with Gasteiger partial charge in [-0.15, -0.1) is 0 Å². The number of hydrogen-bond donors (Lipinski definition) is 2. The van der Waals surface area contributed by atoms with Crippen LogP contribution in [0.25, 0.3) is 0 Å². The van der Waals surface area contributed by atoms with Crippen LogP contribution >= 0.6 is 11.3 Å². The smallest absolute Gasteiger partial charge is 0.385 e. The highest BCUT2D eigenvalue weighted by Crippen LogP contribution is 2.34. The fourth-order valence-electron chi connectivity index (χ4n) is 1.36. The van der Waals surface area contributed by atoms with Crippen LogP contribution < -0.4 is 10.5 Å². The standard InChI is InChI=1S/C8H10F3N3O4S2/c1-4(3-8(9,10)11)13-20(17,18)6-2-5(14(15)16)7(12)19-6/h2,4,13H,3,12H2,1H3. The van der Waals surface area contributed by atoms with Crippen molar-refractivity contribution in [2.45, 2.75) is 29.8 Å². The summed E-state index contributed by atoms with van der Waals surface area (Å²) in [4.78, 5) is 9.67. The van der Waals surface area contributed by atoms with Gasteiger partial charge in [0.1, 0.15) is 4.21 Å². The number of nitrogen functional groups attached to an aromatic ring is 1. The third-order valence-electron chi connectivity index (χ3n) is 2.07. The van der Waals surface area contributed by atoms with Crippen LogP contribution in [-0.2, 0) is 10.0 Å². The predicted molar refractivity (Wildman–Crippen MR) is 65.8 cm³/mol.